The van der Waals surface area contributed by atoms with E-state index in [0.29, 0.717) is 18.1 Å². The second-order valence-corrected chi connectivity index (χ2v) is 6.00. The summed E-state index contributed by atoms with van der Waals surface area (Å²) >= 11 is 8.61. The van der Waals surface area contributed by atoms with Crippen molar-refractivity contribution in [2.24, 2.45) is 5.73 Å². The van der Waals surface area contributed by atoms with Gasteiger partial charge in [0.15, 0.2) is 0 Å². The molecule has 1 aromatic carbocycles. The molecule has 0 spiro atoms. The minimum Gasteiger partial charge on any atom is -0.391 e. The van der Waals surface area contributed by atoms with Gasteiger partial charge in [0.25, 0.3) is 0 Å². The van der Waals surface area contributed by atoms with Gasteiger partial charge in [-0.2, -0.15) is 0 Å². The van der Waals surface area contributed by atoms with Crippen molar-refractivity contribution < 1.29 is 4.74 Å². The van der Waals surface area contributed by atoms with Gasteiger partial charge in [0.05, 0.1) is 13.2 Å². The number of fused-ring (bicyclic) bond motifs is 1. The van der Waals surface area contributed by atoms with E-state index in [2.05, 4.69) is 31.9 Å². The number of pyridine rings is 1. The Hall–Kier alpha value is -1.24. The van der Waals surface area contributed by atoms with Crippen molar-refractivity contribution >= 4 is 49.7 Å². The molecule has 6 heteroatoms. The van der Waals surface area contributed by atoms with E-state index in [0.717, 1.165) is 27.6 Å². The van der Waals surface area contributed by atoms with Crippen molar-refractivity contribution in [2.75, 3.05) is 24.6 Å². The summed E-state index contributed by atoms with van der Waals surface area (Å²) in [4.78, 5) is 7.11. The fourth-order valence-electron chi connectivity index (χ4n) is 2.42. The minimum absolute atomic E-state index is 0.206. The van der Waals surface area contributed by atoms with Crippen molar-refractivity contribution in [1.82, 2.24) is 4.98 Å². The van der Waals surface area contributed by atoms with Gasteiger partial charge in [-0.05, 0) is 12.1 Å². The third-order valence-electron chi connectivity index (χ3n) is 3.42. The quantitative estimate of drug-likeness (QED) is 0.842. The number of aromatic nitrogens is 1. The molecule has 1 aromatic heterocycles. The lowest BCUT2D eigenvalue weighted by Crippen LogP contribution is -2.48. The number of morpholine rings is 1. The maximum atomic E-state index is 5.70. The van der Waals surface area contributed by atoms with Crippen LogP contribution in [0, 0.1) is 0 Å². The standard InChI is InChI=1S/C14H14BrN3OS/c15-11-3-1-2-10-9(11)4-5-17-14(10)18-6-7-19-12(8-18)13(16)20/h1-5,12H,6-8H2,(H2,16,20). The monoisotopic (exact) mass is 351 g/mol. The van der Waals surface area contributed by atoms with Gasteiger partial charge in [-0.25, -0.2) is 4.98 Å². The van der Waals surface area contributed by atoms with Crippen molar-refractivity contribution in [1.29, 1.82) is 0 Å². The molecule has 4 nitrogen and oxygen atoms in total. The number of hydrogen-bond acceptors (Lipinski definition) is 4. The van der Waals surface area contributed by atoms with E-state index in [-0.39, 0.29) is 6.10 Å². The van der Waals surface area contributed by atoms with E-state index < -0.39 is 0 Å². The average Bonchev–Trinajstić information content (AvgIpc) is 2.47. The normalized spacial score (nSPS) is 19.2. The Bertz CT molecular complexity index is 664. The Morgan fingerprint density at radius 3 is 3.05 bits per heavy atom. The van der Waals surface area contributed by atoms with E-state index in [1.54, 1.807) is 0 Å². The molecule has 1 atom stereocenters. The van der Waals surface area contributed by atoms with E-state index in [9.17, 15) is 0 Å². The molecule has 0 radical (unpaired) electrons. The van der Waals surface area contributed by atoms with Gasteiger partial charge in [-0.1, -0.05) is 40.3 Å². The third kappa shape index (κ3) is 2.51. The van der Waals surface area contributed by atoms with Crippen molar-refractivity contribution in [3.8, 4) is 0 Å². The number of halogens is 1. The molecular weight excluding hydrogens is 338 g/mol. The van der Waals surface area contributed by atoms with Crippen LogP contribution >= 0.6 is 28.1 Å². The second kappa shape index (κ2) is 5.63. The van der Waals surface area contributed by atoms with Crippen LogP contribution in [-0.4, -0.2) is 35.8 Å². The van der Waals surface area contributed by atoms with Gasteiger partial charge >= 0.3 is 0 Å². The summed E-state index contributed by atoms with van der Waals surface area (Å²) in [7, 11) is 0. The van der Waals surface area contributed by atoms with E-state index in [1.807, 2.05) is 24.4 Å². The summed E-state index contributed by atoms with van der Waals surface area (Å²) in [5, 5.41) is 2.27. The van der Waals surface area contributed by atoms with Gasteiger partial charge in [-0.15, -0.1) is 0 Å². The fourth-order valence-corrected chi connectivity index (χ4v) is 3.06. The Morgan fingerprint density at radius 2 is 2.25 bits per heavy atom. The highest BCUT2D eigenvalue weighted by Crippen LogP contribution is 2.30. The fraction of sp³-hybridized carbons (Fsp3) is 0.286. The topological polar surface area (TPSA) is 51.4 Å². The molecule has 1 unspecified atom stereocenters. The maximum absolute atomic E-state index is 5.70. The van der Waals surface area contributed by atoms with Gasteiger partial charge < -0.3 is 15.4 Å². The summed E-state index contributed by atoms with van der Waals surface area (Å²) in [6.45, 7) is 2.04. The van der Waals surface area contributed by atoms with Crippen LogP contribution in [0.2, 0.25) is 0 Å². The lowest BCUT2D eigenvalue weighted by molar-refractivity contribution is 0.0845. The highest BCUT2D eigenvalue weighted by atomic mass is 79.9. The van der Waals surface area contributed by atoms with Crippen molar-refractivity contribution in [2.45, 2.75) is 6.10 Å². The highest BCUT2D eigenvalue weighted by Gasteiger charge is 2.24. The van der Waals surface area contributed by atoms with Gasteiger partial charge in [0.1, 0.15) is 16.9 Å². The maximum Gasteiger partial charge on any atom is 0.136 e. The predicted octanol–water partition coefficient (Wildman–Crippen LogP) is 2.49. The van der Waals surface area contributed by atoms with Crippen LogP contribution in [0.5, 0.6) is 0 Å². The number of nitrogens with two attached hydrogens (primary N) is 1. The second-order valence-electron chi connectivity index (χ2n) is 4.68. The molecule has 0 amide bonds. The summed E-state index contributed by atoms with van der Waals surface area (Å²) in [6, 6.07) is 8.13. The molecule has 104 valence electrons. The van der Waals surface area contributed by atoms with Gasteiger partial charge in [-0.3, -0.25) is 0 Å². The number of rotatable bonds is 2. The molecule has 1 aliphatic heterocycles. The van der Waals surface area contributed by atoms with Crippen molar-refractivity contribution in [3.63, 3.8) is 0 Å². The minimum atomic E-state index is -0.206. The van der Waals surface area contributed by atoms with E-state index in [1.165, 1.54) is 0 Å². The Labute approximate surface area is 131 Å². The first-order valence-electron chi connectivity index (χ1n) is 6.36. The molecule has 2 aromatic rings. The molecular formula is C14H14BrN3OS. The zero-order valence-corrected chi connectivity index (χ0v) is 13.2. The Morgan fingerprint density at radius 1 is 1.40 bits per heavy atom. The Balaban J connectivity index is 2.02. The summed E-state index contributed by atoms with van der Waals surface area (Å²) in [5.41, 5.74) is 5.70. The smallest absolute Gasteiger partial charge is 0.136 e. The zero-order chi connectivity index (χ0) is 14.1. The number of ether oxygens (including phenoxy) is 1. The van der Waals surface area contributed by atoms with Gasteiger partial charge in [0, 0.05) is 28.0 Å². The molecule has 0 bridgehead atoms. The number of thiocarbonyl (C=S) groups is 1. The average molecular weight is 352 g/mol. The van der Waals surface area contributed by atoms with Crippen LogP contribution in [0.3, 0.4) is 0 Å². The number of nitrogens with zero attached hydrogens (tertiary/aromatic N) is 2. The van der Waals surface area contributed by atoms with Crippen LogP contribution in [0.15, 0.2) is 34.9 Å². The first-order valence-corrected chi connectivity index (χ1v) is 7.56. The molecule has 2 N–H and O–H groups in total. The molecule has 2 heterocycles. The van der Waals surface area contributed by atoms with Crippen LogP contribution in [-0.2, 0) is 4.74 Å². The number of benzene rings is 1. The summed E-state index contributed by atoms with van der Waals surface area (Å²) in [6.07, 6.45) is 1.62. The number of anilines is 1. The summed E-state index contributed by atoms with van der Waals surface area (Å²) < 4.78 is 6.65. The lowest BCUT2D eigenvalue weighted by Gasteiger charge is -2.33. The number of hydrogen-bond donors (Lipinski definition) is 1. The van der Waals surface area contributed by atoms with Crippen LogP contribution in [0.1, 0.15) is 0 Å². The lowest BCUT2D eigenvalue weighted by atomic mass is 10.1. The molecule has 3 rings (SSSR count). The molecule has 1 fully saturated rings. The molecule has 0 aliphatic carbocycles. The Kier molecular flexibility index (Phi) is 3.87. The van der Waals surface area contributed by atoms with Crippen LogP contribution in [0.25, 0.3) is 10.8 Å². The summed E-state index contributed by atoms with van der Waals surface area (Å²) in [5.74, 6) is 0.952. The molecule has 1 aliphatic rings. The molecule has 20 heavy (non-hydrogen) atoms. The highest BCUT2D eigenvalue weighted by molar-refractivity contribution is 9.10. The van der Waals surface area contributed by atoms with Gasteiger partial charge in [0.2, 0.25) is 0 Å². The van der Waals surface area contributed by atoms with E-state index >= 15 is 0 Å². The van der Waals surface area contributed by atoms with Crippen LogP contribution in [0.4, 0.5) is 5.82 Å². The molecule has 1 saturated heterocycles. The first kappa shape index (κ1) is 13.7. The predicted molar refractivity (Wildman–Crippen MR) is 88.2 cm³/mol. The zero-order valence-electron chi connectivity index (χ0n) is 10.8. The SMILES string of the molecule is NC(=S)C1CN(c2nccc3c(Br)cccc23)CCO1. The largest absolute Gasteiger partial charge is 0.391 e. The first-order chi connectivity index (χ1) is 9.66. The van der Waals surface area contributed by atoms with Crippen molar-refractivity contribution in [3.05, 3.63) is 34.9 Å². The molecule has 0 saturated carbocycles. The van der Waals surface area contributed by atoms with Crippen LogP contribution < -0.4 is 10.6 Å². The van der Waals surface area contributed by atoms with E-state index in [4.69, 9.17) is 22.7 Å². The third-order valence-corrected chi connectivity index (χ3v) is 4.37.